The second-order valence-corrected chi connectivity index (χ2v) is 8.65. The third kappa shape index (κ3) is 2.46. The average Bonchev–Trinajstić information content (AvgIpc) is 2.57. The number of fused-ring (bicyclic) bond motifs is 1. The predicted molar refractivity (Wildman–Crippen MR) is 105 cm³/mol. The number of anilines is 1. The van der Waals surface area contributed by atoms with Crippen LogP contribution in [0.15, 0.2) is 59.8 Å². The molecule has 1 aromatic carbocycles. The van der Waals surface area contributed by atoms with Crippen molar-refractivity contribution in [1.29, 1.82) is 0 Å². The Hall–Kier alpha value is -1.76. The smallest absolute Gasteiger partial charge is 0.0815 e. The summed E-state index contributed by atoms with van der Waals surface area (Å²) in [4.78, 5) is 2.45. The van der Waals surface area contributed by atoms with Crippen molar-refractivity contribution in [3.05, 3.63) is 65.4 Å². The van der Waals surface area contributed by atoms with Crippen molar-refractivity contribution < 1.29 is 0 Å². The Balaban J connectivity index is 2.26. The van der Waals surface area contributed by atoms with Crippen LogP contribution in [0.4, 0.5) is 5.69 Å². The van der Waals surface area contributed by atoms with Gasteiger partial charge in [-0.2, -0.15) is 0 Å². The largest absolute Gasteiger partial charge is 0.335 e. The van der Waals surface area contributed by atoms with Crippen molar-refractivity contribution in [3.8, 4) is 0 Å². The number of rotatable bonds is 2. The Morgan fingerprint density at radius 2 is 1.42 bits per heavy atom. The van der Waals surface area contributed by atoms with E-state index < -0.39 is 0 Å². The molecule has 2 bridgehead atoms. The van der Waals surface area contributed by atoms with Crippen LogP contribution in [0.1, 0.15) is 53.5 Å². The van der Waals surface area contributed by atoms with E-state index in [9.17, 15) is 0 Å². The summed E-state index contributed by atoms with van der Waals surface area (Å²) in [5, 5.41) is 0. The lowest BCUT2D eigenvalue weighted by atomic mass is 9.62. The molecule has 1 nitrogen and oxygen atoms in total. The lowest BCUT2D eigenvalue weighted by Crippen LogP contribution is -2.46. The summed E-state index contributed by atoms with van der Waals surface area (Å²) in [7, 11) is 0. The lowest BCUT2D eigenvalue weighted by molar-refractivity contribution is 0.404. The first-order valence-corrected chi connectivity index (χ1v) is 9.12. The topological polar surface area (TPSA) is 3.24 Å². The summed E-state index contributed by atoms with van der Waals surface area (Å²) in [6.45, 7) is 16.2. The first-order chi connectivity index (χ1) is 11.1. The molecule has 0 radical (unpaired) electrons. The summed E-state index contributed by atoms with van der Waals surface area (Å²) in [6.07, 6.45) is 10.6. The summed E-state index contributed by atoms with van der Waals surface area (Å²) in [5.41, 5.74) is 5.75. The Kier molecular flexibility index (Phi) is 3.82. The van der Waals surface area contributed by atoms with Gasteiger partial charge in [0.15, 0.2) is 0 Å². The van der Waals surface area contributed by atoms with Gasteiger partial charge >= 0.3 is 0 Å². The van der Waals surface area contributed by atoms with Gasteiger partial charge in [-0.15, -0.1) is 0 Å². The molecular formula is C23H31N. The number of benzene rings is 1. The van der Waals surface area contributed by atoms with Gasteiger partial charge in [0.25, 0.3) is 0 Å². The highest BCUT2D eigenvalue weighted by molar-refractivity contribution is 5.62. The van der Waals surface area contributed by atoms with E-state index in [0.29, 0.717) is 0 Å². The summed E-state index contributed by atoms with van der Waals surface area (Å²) in [5.74, 6) is 0. The van der Waals surface area contributed by atoms with Crippen LogP contribution in [0.3, 0.4) is 0 Å². The first-order valence-electron chi connectivity index (χ1n) is 9.12. The summed E-state index contributed by atoms with van der Waals surface area (Å²) >= 11 is 0. The molecule has 0 amide bonds. The molecular weight excluding hydrogens is 290 g/mol. The van der Waals surface area contributed by atoms with Crippen LogP contribution in [0.25, 0.3) is 0 Å². The van der Waals surface area contributed by atoms with Crippen molar-refractivity contribution >= 4 is 5.69 Å². The standard InChI is InChI=1S/C23H31N/c1-8-19-20-21(3,4)13-14-23(19,7)24(16-15-22(20,5)6)18-11-9-17(2)10-12-18/h9-16H,8H2,1-7H3. The van der Waals surface area contributed by atoms with Gasteiger partial charge in [0, 0.05) is 22.7 Å². The van der Waals surface area contributed by atoms with E-state index in [0.717, 1.165) is 6.42 Å². The van der Waals surface area contributed by atoms with Crippen LogP contribution in [-0.4, -0.2) is 5.54 Å². The number of hydrogen-bond acceptors (Lipinski definition) is 1. The quantitative estimate of drug-likeness (QED) is 0.568. The summed E-state index contributed by atoms with van der Waals surface area (Å²) < 4.78 is 0. The Morgan fingerprint density at radius 3 is 2.00 bits per heavy atom. The Morgan fingerprint density at radius 1 is 0.833 bits per heavy atom. The van der Waals surface area contributed by atoms with Gasteiger partial charge in [0.2, 0.25) is 0 Å². The maximum atomic E-state index is 2.45. The van der Waals surface area contributed by atoms with Gasteiger partial charge in [-0.05, 0) is 43.5 Å². The third-order valence-corrected chi connectivity index (χ3v) is 5.83. The number of aryl methyl sites for hydroxylation is 1. The Labute approximate surface area is 147 Å². The van der Waals surface area contributed by atoms with Crippen molar-refractivity contribution in [2.75, 3.05) is 4.90 Å². The number of nitrogens with zero attached hydrogens (tertiary/aromatic N) is 1. The van der Waals surface area contributed by atoms with E-state index in [1.807, 2.05) is 0 Å². The van der Waals surface area contributed by atoms with Gasteiger partial charge < -0.3 is 4.90 Å². The first kappa shape index (κ1) is 17.1. The molecule has 0 N–H and O–H groups in total. The molecule has 0 aromatic heterocycles. The highest BCUT2D eigenvalue weighted by atomic mass is 15.2. The highest BCUT2D eigenvalue weighted by Gasteiger charge is 2.46. The van der Waals surface area contributed by atoms with Crippen molar-refractivity contribution in [2.45, 2.75) is 60.4 Å². The van der Waals surface area contributed by atoms with Crippen LogP contribution in [-0.2, 0) is 0 Å². The molecule has 1 aliphatic carbocycles. The van der Waals surface area contributed by atoms with E-state index in [1.165, 1.54) is 11.3 Å². The van der Waals surface area contributed by atoms with Gasteiger partial charge in [0.05, 0.1) is 5.54 Å². The SMILES string of the molecule is CCC1=C2C(C)(C)C=CN(c3ccc(C)cc3)C1(C)C=CC2(C)C. The molecule has 1 heteroatoms. The number of allylic oxidation sites excluding steroid dienone is 3. The van der Waals surface area contributed by atoms with E-state index in [4.69, 9.17) is 0 Å². The molecule has 1 atom stereocenters. The molecule has 3 rings (SSSR count). The van der Waals surface area contributed by atoms with Gasteiger partial charge in [-0.25, -0.2) is 0 Å². The molecule has 128 valence electrons. The molecule has 24 heavy (non-hydrogen) atoms. The summed E-state index contributed by atoms with van der Waals surface area (Å²) in [6, 6.07) is 8.89. The molecule has 1 unspecified atom stereocenters. The molecule has 1 heterocycles. The molecule has 1 aliphatic heterocycles. The van der Waals surface area contributed by atoms with Crippen LogP contribution in [0.2, 0.25) is 0 Å². The van der Waals surface area contributed by atoms with Crippen molar-refractivity contribution in [2.24, 2.45) is 10.8 Å². The van der Waals surface area contributed by atoms with Crippen molar-refractivity contribution in [1.82, 2.24) is 0 Å². The molecule has 2 aliphatic rings. The maximum Gasteiger partial charge on any atom is 0.0815 e. The second-order valence-electron chi connectivity index (χ2n) is 8.65. The zero-order valence-corrected chi connectivity index (χ0v) is 16.3. The maximum absolute atomic E-state index is 2.45. The number of hydrogen-bond donors (Lipinski definition) is 0. The van der Waals surface area contributed by atoms with Crippen LogP contribution in [0, 0.1) is 17.8 Å². The van der Waals surface area contributed by atoms with E-state index in [1.54, 1.807) is 11.1 Å². The Bertz CT molecular complexity index is 728. The minimum Gasteiger partial charge on any atom is -0.335 e. The van der Waals surface area contributed by atoms with Crippen LogP contribution < -0.4 is 4.90 Å². The zero-order chi connectivity index (χ0) is 17.8. The lowest BCUT2D eigenvalue weighted by Gasteiger charge is -2.47. The zero-order valence-electron chi connectivity index (χ0n) is 16.3. The fourth-order valence-electron chi connectivity index (χ4n) is 4.73. The third-order valence-electron chi connectivity index (χ3n) is 5.83. The molecule has 0 fully saturated rings. The van der Waals surface area contributed by atoms with Crippen molar-refractivity contribution in [3.63, 3.8) is 0 Å². The van der Waals surface area contributed by atoms with Crippen LogP contribution >= 0.6 is 0 Å². The van der Waals surface area contributed by atoms with Gasteiger partial charge in [-0.3, -0.25) is 0 Å². The van der Waals surface area contributed by atoms with E-state index >= 15 is 0 Å². The normalized spacial score (nSPS) is 27.4. The minimum absolute atomic E-state index is 0.0559. The molecule has 0 saturated heterocycles. The average molecular weight is 322 g/mol. The second kappa shape index (κ2) is 5.37. The molecule has 0 saturated carbocycles. The van der Waals surface area contributed by atoms with E-state index in [2.05, 4.69) is 102 Å². The monoisotopic (exact) mass is 321 g/mol. The highest BCUT2D eigenvalue weighted by Crippen LogP contribution is 2.53. The van der Waals surface area contributed by atoms with Gasteiger partial charge in [-0.1, -0.05) is 70.5 Å². The van der Waals surface area contributed by atoms with Crippen LogP contribution in [0.5, 0.6) is 0 Å². The van der Waals surface area contributed by atoms with E-state index in [-0.39, 0.29) is 16.4 Å². The predicted octanol–water partition coefficient (Wildman–Crippen LogP) is 6.42. The fraction of sp³-hybridized carbons (Fsp3) is 0.478. The molecule has 1 aromatic rings. The van der Waals surface area contributed by atoms with Gasteiger partial charge in [0.1, 0.15) is 0 Å². The minimum atomic E-state index is -0.0981. The fourth-order valence-corrected chi connectivity index (χ4v) is 4.73. The molecule has 0 spiro atoms.